The molecule has 0 radical (unpaired) electrons. The Bertz CT molecular complexity index is 868. The molecule has 1 fully saturated rings. The van der Waals surface area contributed by atoms with Crippen molar-refractivity contribution in [1.29, 1.82) is 0 Å². The number of anilines is 1. The minimum absolute atomic E-state index is 0.111. The van der Waals surface area contributed by atoms with Crippen molar-refractivity contribution in [2.24, 2.45) is 0 Å². The second kappa shape index (κ2) is 9.46. The van der Waals surface area contributed by atoms with Gasteiger partial charge in [-0.05, 0) is 31.9 Å². The number of nitrogens with zero attached hydrogens (tertiary/aromatic N) is 5. The van der Waals surface area contributed by atoms with Gasteiger partial charge in [0, 0.05) is 50.8 Å². The number of amides is 1. The SMILES string of the molecule is CCn1cnnc1C1CCCN(C(=O)c2ccc(NCCOC)c([N+](=O)[O-])c2)C1. The lowest BCUT2D eigenvalue weighted by atomic mass is 9.96. The second-order valence-electron chi connectivity index (χ2n) is 6.97. The number of nitrogens with one attached hydrogen (secondary N) is 1. The average molecular weight is 402 g/mol. The summed E-state index contributed by atoms with van der Waals surface area (Å²) in [6.07, 6.45) is 3.49. The highest BCUT2D eigenvalue weighted by molar-refractivity contribution is 5.95. The number of piperidine rings is 1. The number of methoxy groups -OCH3 is 1. The minimum Gasteiger partial charge on any atom is -0.383 e. The van der Waals surface area contributed by atoms with Gasteiger partial charge in [-0.2, -0.15) is 0 Å². The van der Waals surface area contributed by atoms with Gasteiger partial charge >= 0.3 is 0 Å². The number of carbonyl (C=O) groups is 1. The summed E-state index contributed by atoms with van der Waals surface area (Å²) in [7, 11) is 1.56. The van der Waals surface area contributed by atoms with Crippen LogP contribution in [-0.2, 0) is 11.3 Å². The summed E-state index contributed by atoms with van der Waals surface area (Å²) in [4.78, 5) is 25.8. The number of carbonyl (C=O) groups excluding carboxylic acids is 1. The number of hydrogen-bond donors (Lipinski definition) is 1. The normalized spacial score (nSPS) is 16.6. The van der Waals surface area contributed by atoms with Crippen LogP contribution in [-0.4, -0.2) is 63.8 Å². The fourth-order valence-electron chi connectivity index (χ4n) is 3.63. The van der Waals surface area contributed by atoms with E-state index in [-0.39, 0.29) is 17.5 Å². The van der Waals surface area contributed by atoms with Crippen molar-refractivity contribution in [3.63, 3.8) is 0 Å². The first-order valence-corrected chi connectivity index (χ1v) is 9.73. The van der Waals surface area contributed by atoms with Gasteiger partial charge in [-0.3, -0.25) is 14.9 Å². The summed E-state index contributed by atoms with van der Waals surface area (Å²) >= 11 is 0. The Morgan fingerprint density at radius 1 is 1.45 bits per heavy atom. The highest BCUT2D eigenvalue weighted by atomic mass is 16.6. The van der Waals surface area contributed by atoms with Gasteiger partial charge in [-0.25, -0.2) is 0 Å². The summed E-state index contributed by atoms with van der Waals surface area (Å²) in [5.74, 6) is 0.789. The fourth-order valence-corrected chi connectivity index (χ4v) is 3.63. The molecule has 2 heterocycles. The van der Waals surface area contributed by atoms with E-state index in [0.29, 0.717) is 37.5 Å². The molecule has 1 atom stereocenters. The van der Waals surface area contributed by atoms with E-state index in [2.05, 4.69) is 15.5 Å². The highest BCUT2D eigenvalue weighted by Crippen LogP contribution is 2.29. The molecule has 1 unspecified atom stereocenters. The molecule has 156 valence electrons. The van der Waals surface area contributed by atoms with Crippen LogP contribution in [0.2, 0.25) is 0 Å². The van der Waals surface area contributed by atoms with Crippen LogP contribution in [0.3, 0.4) is 0 Å². The van der Waals surface area contributed by atoms with Crippen LogP contribution in [0.25, 0.3) is 0 Å². The molecule has 1 saturated heterocycles. The standard InChI is InChI=1S/C19H26N6O4/c1-3-23-13-21-22-18(23)15-5-4-9-24(12-15)19(26)14-6-7-16(20-8-10-29-2)17(11-14)25(27)28/h6-7,11,13,15,20H,3-5,8-10,12H2,1-2H3. The van der Waals surface area contributed by atoms with Crippen molar-refractivity contribution in [3.8, 4) is 0 Å². The largest absolute Gasteiger partial charge is 0.383 e. The average Bonchev–Trinajstić information content (AvgIpc) is 3.22. The van der Waals surface area contributed by atoms with Crippen LogP contribution in [0.15, 0.2) is 24.5 Å². The van der Waals surface area contributed by atoms with Crippen LogP contribution in [0.5, 0.6) is 0 Å². The number of nitro groups is 1. The summed E-state index contributed by atoms with van der Waals surface area (Å²) in [6.45, 7) is 4.82. The molecule has 3 rings (SSSR count). The Morgan fingerprint density at radius 3 is 3.00 bits per heavy atom. The molecular weight excluding hydrogens is 376 g/mol. The van der Waals surface area contributed by atoms with Crippen LogP contribution in [0, 0.1) is 10.1 Å². The number of nitro benzene ring substituents is 1. The van der Waals surface area contributed by atoms with E-state index in [1.54, 1.807) is 30.5 Å². The lowest BCUT2D eigenvalue weighted by molar-refractivity contribution is -0.384. The first-order valence-electron chi connectivity index (χ1n) is 9.73. The number of aromatic nitrogens is 3. The molecule has 2 aromatic rings. The van der Waals surface area contributed by atoms with Gasteiger partial charge in [0.05, 0.1) is 11.5 Å². The second-order valence-corrected chi connectivity index (χ2v) is 6.97. The molecule has 0 bridgehead atoms. The number of likely N-dealkylation sites (tertiary alicyclic amines) is 1. The molecule has 0 spiro atoms. The zero-order valence-corrected chi connectivity index (χ0v) is 16.7. The Hall–Kier alpha value is -3.01. The minimum atomic E-state index is -0.478. The third-order valence-corrected chi connectivity index (χ3v) is 5.12. The number of aryl methyl sites for hydroxylation is 1. The van der Waals surface area contributed by atoms with Crippen molar-refractivity contribution in [1.82, 2.24) is 19.7 Å². The van der Waals surface area contributed by atoms with Gasteiger partial charge < -0.3 is 19.5 Å². The maximum absolute atomic E-state index is 13.0. The quantitative estimate of drug-likeness (QED) is 0.409. The number of benzene rings is 1. The molecule has 10 heteroatoms. The number of rotatable bonds is 8. The maximum atomic E-state index is 13.0. The summed E-state index contributed by atoms with van der Waals surface area (Å²) in [6, 6.07) is 4.55. The summed E-state index contributed by atoms with van der Waals surface area (Å²) in [5, 5.41) is 22.7. The van der Waals surface area contributed by atoms with E-state index in [4.69, 9.17) is 4.74 Å². The van der Waals surface area contributed by atoms with Gasteiger partial charge in [0.25, 0.3) is 11.6 Å². The molecule has 1 aliphatic rings. The lowest BCUT2D eigenvalue weighted by Gasteiger charge is -2.32. The van der Waals surface area contributed by atoms with E-state index in [0.717, 1.165) is 25.2 Å². The van der Waals surface area contributed by atoms with Gasteiger partial charge in [0.15, 0.2) is 0 Å². The molecule has 29 heavy (non-hydrogen) atoms. The van der Waals surface area contributed by atoms with E-state index >= 15 is 0 Å². The summed E-state index contributed by atoms with van der Waals surface area (Å²) < 4.78 is 6.95. The van der Waals surface area contributed by atoms with Crippen molar-refractivity contribution < 1.29 is 14.5 Å². The van der Waals surface area contributed by atoms with Crippen molar-refractivity contribution in [3.05, 3.63) is 46.0 Å². The molecule has 10 nitrogen and oxygen atoms in total. The van der Waals surface area contributed by atoms with Crippen molar-refractivity contribution in [2.45, 2.75) is 32.2 Å². The third-order valence-electron chi connectivity index (χ3n) is 5.12. The predicted octanol–water partition coefficient (Wildman–Crippen LogP) is 2.28. The first-order chi connectivity index (χ1) is 14.0. The lowest BCUT2D eigenvalue weighted by Crippen LogP contribution is -2.39. The molecule has 1 aromatic heterocycles. The molecule has 1 amide bonds. The van der Waals surface area contributed by atoms with Crippen LogP contribution < -0.4 is 5.32 Å². The van der Waals surface area contributed by atoms with Crippen LogP contribution in [0.4, 0.5) is 11.4 Å². The Labute approximate surface area is 169 Å². The van der Waals surface area contributed by atoms with Crippen LogP contribution >= 0.6 is 0 Å². The van der Waals surface area contributed by atoms with Gasteiger partial charge in [-0.1, -0.05) is 0 Å². The number of hydrogen-bond acceptors (Lipinski definition) is 7. The maximum Gasteiger partial charge on any atom is 0.293 e. The van der Waals surface area contributed by atoms with Crippen molar-refractivity contribution >= 4 is 17.3 Å². The topological polar surface area (TPSA) is 115 Å². The van der Waals surface area contributed by atoms with Gasteiger partial charge in [-0.15, -0.1) is 10.2 Å². The molecular formula is C19H26N6O4. The Kier molecular flexibility index (Phi) is 6.76. The van der Waals surface area contributed by atoms with Crippen LogP contribution in [0.1, 0.15) is 41.9 Å². The van der Waals surface area contributed by atoms with E-state index < -0.39 is 4.92 Å². The van der Waals surface area contributed by atoms with Gasteiger partial charge in [0.2, 0.25) is 0 Å². The predicted molar refractivity (Wildman–Crippen MR) is 107 cm³/mol. The zero-order valence-electron chi connectivity index (χ0n) is 16.7. The molecule has 0 saturated carbocycles. The van der Waals surface area contributed by atoms with E-state index in [1.165, 1.54) is 6.07 Å². The molecule has 1 aliphatic heterocycles. The monoisotopic (exact) mass is 402 g/mol. The summed E-state index contributed by atoms with van der Waals surface area (Å²) in [5.41, 5.74) is 0.564. The fraction of sp³-hybridized carbons (Fsp3) is 0.526. The Morgan fingerprint density at radius 2 is 2.28 bits per heavy atom. The molecule has 0 aliphatic carbocycles. The molecule has 1 aromatic carbocycles. The van der Waals surface area contributed by atoms with Crippen molar-refractivity contribution in [2.75, 3.05) is 38.7 Å². The highest BCUT2D eigenvalue weighted by Gasteiger charge is 2.29. The van der Waals surface area contributed by atoms with Gasteiger partial charge in [0.1, 0.15) is 17.8 Å². The smallest absolute Gasteiger partial charge is 0.293 e. The zero-order chi connectivity index (χ0) is 20.8. The van der Waals surface area contributed by atoms with E-state index in [9.17, 15) is 14.9 Å². The first kappa shape index (κ1) is 20.7. The third kappa shape index (κ3) is 4.70. The molecule has 1 N–H and O–H groups in total. The Balaban J connectivity index is 1.76. The number of ether oxygens (including phenoxy) is 1. The van der Waals surface area contributed by atoms with E-state index in [1.807, 2.05) is 11.5 Å².